The van der Waals surface area contributed by atoms with Crippen molar-refractivity contribution in [2.75, 3.05) is 26.3 Å². The largest absolute Gasteiger partial charge is 0.464 e. The fourth-order valence-corrected chi connectivity index (χ4v) is 3.49. The average Bonchev–Trinajstić information content (AvgIpc) is 2.54. The summed E-state index contributed by atoms with van der Waals surface area (Å²) in [4.78, 5) is 36.2. The van der Waals surface area contributed by atoms with E-state index in [1.807, 2.05) is 13.1 Å². The van der Waals surface area contributed by atoms with E-state index in [1.54, 1.807) is 0 Å². The number of esters is 1. The van der Waals surface area contributed by atoms with Crippen LogP contribution in [0.15, 0.2) is 0 Å². The molecular weight excluding hydrogens is 418 g/mol. The number of rotatable bonds is 13. The highest BCUT2D eigenvalue weighted by Gasteiger charge is 2.25. The summed E-state index contributed by atoms with van der Waals surface area (Å²) >= 11 is 6.22. The van der Waals surface area contributed by atoms with Crippen LogP contribution in [0.5, 0.6) is 0 Å². The molecule has 0 rings (SSSR count). The van der Waals surface area contributed by atoms with Crippen LogP contribution in [0.4, 0.5) is 4.79 Å². The summed E-state index contributed by atoms with van der Waals surface area (Å²) in [6.07, 6.45) is -0.514. The number of halogens is 1. The van der Waals surface area contributed by atoms with Gasteiger partial charge in [0.05, 0.1) is 13.2 Å². The lowest BCUT2D eigenvalue weighted by molar-refractivity contribution is -0.145. The van der Waals surface area contributed by atoms with E-state index in [9.17, 15) is 14.4 Å². The lowest BCUT2D eigenvalue weighted by atomic mass is 10.1. The summed E-state index contributed by atoms with van der Waals surface area (Å²) in [7, 11) is -3.20. The molecule has 164 valence electrons. The Morgan fingerprint density at radius 3 is 2.18 bits per heavy atom. The topological polar surface area (TPSA) is 120 Å². The molecule has 0 aliphatic heterocycles. The first-order valence-corrected chi connectivity index (χ1v) is 17.5. The molecule has 2 amide bonds. The number of hydrogen-bond donors (Lipinski definition) is 3. The van der Waals surface area contributed by atoms with Crippen LogP contribution in [0.25, 0.3) is 0 Å². The van der Waals surface area contributed by atoms with Gasteiger partial charge in [0.2, 0.25) is 5.91 Å². The highest BCUT2D eigenvalue weighted by molar-refractivity contribution is 7.19. The Labute approximate surface area is 175 Å². The van der Waals surface area contributed by atoms with E-state index in [4.69, 9.17) is 26.3 Å². The van der Waals surface area contributed by atoms with Crippen molar-refractivity contribution in [1.29, 1.82) is 0 Å². The Morgan fingerprint density at radius 2 is 1.64 bits per heavy atom. The summed E-state index contributed by atoms with van der Waals surface area (Å²) in [5.41, 5.74) is 5.35. The highest BCUT2D eigenvalue weighted by atomic mass is 35.6. The van der Waals surface area contributed by atoms with Crippen LogP contribution in [-0.4, -0.2) is 65.8 Å². The molecule has 0 saturated heterocycles. The second-order valence-electron chi connectivity index (χ2n) is 8.46. The Bertz CT molecular complexity index is 510. The Morgan fingerprint density at radius 1 is 1.04 bits per heavy atom. The third-order valence-corrected chi connectivity index (χ3v) is 7.39. The second kappa shape index (κ2) is 13.2. The van der Waals surface area contributed by atoms with Crippen LogP contribution < -0.4 is 16.4 Å². The maximum absolute atomic E-state index is 12.4. The van der Waals surface area contributed by atoms with Crippen LogP contribution in [-0.2, 0) is 19.1 Å². The zero-order valence-electron chi connectivity index (χ0n) is 17.7. The van der Waals surface area contributed by atoms with Gasteiger partial charge in [-0.15, -0.1) is 0 Å². The van der Waals surface area contributed by atoms with E-state index < -0.39 is 33.6 Å². The standard InChI is InChI=1S/C17H36ClN3O5Si2/c1-27(2,3)12-10-26-17(24)21-14(6-7-15(22)20-9-8-19)16(23)25-11-13-28(4,5)18/h14H,6-13,19H2,1-5H3,(H,20,22)(H,21,24)/t14-/m0/s1. The van der Waals surface area contributed by atoms with Crippen molar-refractivity contribution in [2.24, 2.45) is 5.73 Å². The fraction of sp³-hybridized carbons (Fsp3) is 0.824. The molecule has 0 aliphatic rings. The van der Waals surface area contributed by atoms with E-state index >= 15 is 0 Å². The first-order chi connectivity index (χ1) is 12.8. The molecule has 8 nitrogen and oxygen atoms in total. The van der Waals surface area contributed by atoms with Gasteiger partial charge in [-0.25, -0.2) is 9.59 Å². The molecule has 11 heteroatoms. The zero-order chi connectivity index (χ0) is 21.8. The van der Waals surface area contributed by atoms with E-state index in [0.717, 1.165) is 6.04 Å². The maximum Gasteiger partial charge on any atom is 0.407 e. The zero-order valence-corrected chi connectivity index (χ0v) is 20.5. The molecule has 0 heterocycles. The van der Waals surface area contributed by atoms with E-state index in [2.05, 4.69) is 30.3 Å². The van der Waals surface area contributed by atoms with Gasteiger partial charge in [-0.1, -0.05) is 32.7 Å². The Hall–Kier alpha value is -1.11. The fourth-order valence-electron chi connectivity index (χ4n) is 1.95. The molecule has 0 aromatic heterocycles. The molecule has 0 spiro atoms. The van der Waals surface area contributed by atoms with Crippen molar-refractivity contribution in [3.63, 3.8) is 0 Å². The van der Waals surface area contributed by atoms with Crippen LogP contribution in [0.2, 0.25) is 44.8 Å². The molecule has 0 aliphatic carbocycles. The molecular formula is C17H36ClN3O5Si2. The van der Waals surface area contributed by atoms with Crippen LogP contribution >= 0.6 is 11.1 Å². The summed E-state index contributed by atoms with van der Waals surface area (Å²) < 4.78 is 10.4. The smallest absolute Gasteiger partial charge is 0.407 e. The van der Waals surface area contributed by atoms with Crippen molar-refractivity contribution < 1.29 is 23.9 Å². The monoisotopic (exact) mass is 453 g/mol. The van der Waals surface area contributed by atoms with Gasteiger partial charge in [0.1, 0.15) is 6.04 Å². The number of nitrogens with two attached hydrogens (primary N) is 1. The number of alkyl carbamates (subject to hydrolysis) is 1. The van der Waals surface area contributed by atoms with E-state index in [0.29, 0.717) is 25.7 Å². The van der Waals surface area contributed by atoms with Crippen molar-refractivity contribution in [1.82, 2.24) is 10.6 Å². The molecule has 28 heavy (non-hydrogen) atoms. The summed E-state index contributed by atoms with van der Waals surface area (Å²) in [5, 5.41) is 5.14. The molecule has 0 radical (unpaired) electrons. The Kier molecular flexibility index (Phi) is 12.7. The third kappa shape index (κ3) is 15.9. The molecule has 0 unspecified atom stereocenters. The molecule has 4 N–H and O–H groups in total. The second-order valence-corrected chi connectivity index (χ2v) is 21.1. The van der Waals surface area contributed by atoms with Crippen molar-refractivity contribution >= 4 is 44.5 Å². The number of carbonyl (C=O) groups is 3. The number of ether oxygens (including phenoxy) is 2. The minimum atomic E-state index is -1.87. The lowest BCUT2D eigenvalue weighted by Crippen LogP contribution is -2.43. The molecule has 1 atom stereocenters. The van der Waals surface area contributed by atoms with E-state index in [1.165, 1.54) is 0 Å². The maximum atomic E-state index is 12.4. The number of nitrogens with one attached hydrogen (secondary N) is 2. The highest BCUT2D eigenvalue weighted by Crippen LogP contribution is 2.14. The SMILES string of the molecule is C[Si](C)(C)CCOC(=O)N[C@@H](CCC(=O)NCCN)C(=O)OCC[Si](C)(C)Cl. The van der Waals surface area contributed by atoms with E-state index in [-0.39, 0.29) is 25.4 Å². The molecule has 0 bridgehead atoms. The third-order valence-electron chi connectivity index (χ3n) is 3.73. The minimum Gasteiger partial charge on any atom is -0.464 e. The first-order valence-electron chi connectivity index (χ1n) is 9.60. The van der Waals surface area contributed by atoms with Crippen LogP contribution in [0, 0.1) is 0 Å². The number of carbonyl (C=O) groups excluding carboxylic acids is 3. The average molecular weight is 454 g/mol. The van der Waals surface area contributed by atoms with Crippen molar-refractivity contribution in [3.05, 3.63) is 0 Å². The number of hydrogen-bond acceptors (Lipinski definition) is 6. The minimum absolute atomic E-state index is 0.0602. The molecule has 0 saturated carbocycles. The molecule has 0 aromatic carbocycles. The van der Waals surface area contributed by atoms with Crippen LogP contribution in [0.3, 0.4) is 0 Å². The normalized spacial score (nSPS) is 12.8. The van der Waals surface area contributed by atoms with Gasteiger partial charge in [0.15, 0.2) is 7.38 Å². The first kappa shape index (κ1) is 26.9. The van der Waals surface area contributed by atoms with Gasteiger partial charge in [-0.05, 0) is 18.5 Å². The van der Waals surface area contributed by atoms with Gasteiger partial charge in [0, 0.05) is 27.6 Å². The summed E-state index contributed by atoms with van der Waals surface area (Å²) in [6.45, 7) is 11.6. The molecule has 0 aromatic rings. The predicted molar refractivity (Wildman–Crippen MR) is 117 cm³/mol. The van der Waals surface area contributed by atoms with Crippen molar-refractivity contribution in [2.45, 2.75) is 63.7 Å². The van der Waals surface area contributed by atoms with Gasteiger partial charge in [0.25, 0.3) is 0 Å². The summed E-state index contributed by atoms with van der Waals surface area (Å²) in [6, 6.07) is 0.472. The van der Waals surface area contributed by atoms with Gasteiger partial charge >= 0.3 is 12.1 Å². The Balaban J connectivity index is 4.66. The summed E-state index contributed by atoms with van der Waals surface area (Å²) in [5.74, 6) is -0.838. The van der Waals surface area contributed by atoms with Crippen LogP contribution in [0.1, 0.15) is 12.8 Å². The van der Waals surface area contributed by atoms with Gasteiger partial charge < -0.3 is 25.8 Å². The van der Waals surface area contributed by atoms with Gasteiger partial charge in [-0.2, -0.15) is 11.1 Å². The lowest BCUT2D eigenvalue weighted by Gasteiger charge is -2.20. The van der Waals surface area contributed by atoms with Gasteiger partial charge in [-0.3, -0.25) is 4.79 Å². The predicted octanol–water partition coefficient (Wildman–Crippen LogP) is 2.26. The quantitative estimate of drug-likeness (QED) is 0.223. The number of amides is 2. The molecule has 0 fully saturated rings. The van der Waals surface area contributed by atoms with Crippen molar-refractivity contribution in [3.8, 4) is 0 Å².